The van der Waals surface area contributed by atoms with Crippen LogP contribution in [0.25, 0.3) is 0 Å². The predicted octanol–water partition coefficient (Wildman–Crippen LogP) is 1.73. The van der Waals surface area contributed by atoms with Crippen LogP contribution in [0.5, 0.6) is 0 Å². The minimum atomic E-state index is 0.833. The third-order valence-electron chi connectivity index (χ3n) is 3.78. The molecule has 1 aromatic heterocycles. The predicted molar refractivity (Wildman–Crippen MR) is 63.8 cm³/mol. The van der Waals surface area contributed by atoms with Gasteiger partial charge in [-0.25, -0.2) is 0 Å². The second kappa shape index (κ2) is 5.43. The van der Waals surface area contributed by atoms with Crippen LogP contribution in [-0.4, -0.2) is 21.3 Å². The van der Waals surface area contributed by atoms with Gasteiger partial charge < -0.3 is 9.88 Å². The highest BCUT2D eigenvalue weighted by molar-refractivity contribution is 4.84. The van der Waals surface area contributed by atoms with E-state index in [1.807, 2.05) is 11.6 Å². The quantitative estimate of drug-likeness (QED) is 0.843. The standard InChI is InChI=1S/C12H22N4/c1-10-5-3-4-6-11(10)7-13-8-12-15-14-9-16(12)2/h9-11,13H,3-8H2,1-2H3. The summed E-state index contributed by atoms with van der Waals surface area (Å²) in [6.45, 7) is 4.33. The van der Waals surface area contributed by atoms with E-state index in [-0.39, 0.29) is 0 Å². The maximum atomic E-state index is 4.07. The lowest BCUT2D eigenvalue weighted by molar-refractivity contribution is 0.247. The smallest absolute Gasteiger partial charge is 0.146 e. The monoisotopic (exact) mass is 222 g/mol. The molecule has 1 aromatic rings. The molecule has 0 aromatic carbocycles. The number of hydrogen-bond acceptors (Lipinski definition) is 3. The van der Waals surface area contributed by atoms with E-state index in [2.05, 4.69) is 22.4 Å². The zero-order valence-electron chi connectivity index (χ0n) is 10.3. The summed E-state index contributed by atoms with van der Waals surface area (Å²) in [5.41, 5.74) is 0. The molecule has 0 spiro atoms. The Kier molecular flexibility index (Phi) is 3.93. The van der Waals surface area contributed by atoms with Crippen molar-refractivity contribution in [3.05, 3.63) is 12.2 Å². The third kappa shape index (κ3) is 2.82. The number of nitrogens with one attached hydrogen (secondary N) is 1. The van der Waals surface area contributed by atoms with Crippen LogP contribution in [-0.2, 0) is 13.6 Å². The minimum Gasteiger partial charge on any atom is -0.320 e. The van der Waals surface area contributed by atoms with E-state index >= 15 is 0 Å². The van der Waals surface area contributed by atoms with Crippen molar-refractivity contribution in [1.29, 1.82) is 0 Å². The van der Waals surface area contributed by atoms with Crippen molar-refractivity contribution in [2.24, 2.45) is 18.9 Å². The van der Waals surface area contributed by atoms with Crippen LogP contribution < -0.4 is 5.32 Å². The number of nitrogens with zero attached hydrogens (tertiary/aromatic N) is 3. The van der Waals surface area contributed by atoms with E-state index in [1.54, 1.807) is 6.33 Å². The molecule has 1 heterocycles. The molecule has 0 bridgehead atoms. The zero-order valence-corrected chi connectivity index (χ0v) is 10.3. The highest BCUT2D eigenvalue weighted by Gasteiger charge is 2.20. The van der Waals surface area contributed by atoms with Crippen molar-refractivity contribution in [2.75, 3.05) is 6.54 Å². The molecule has 1 saturated carbocycles. The molecule has 4 nitrogen and oxygen atoms in total. The third-order valence-corrected chi connectivity index (χ3v) is 3.78. The van der Waals surface area contributed by atoms with E-state index in [1.165, 1.54) is 25.7 Å². The van der Waals surface area contributed by atoms with E-state index in [4.69, 9.17) is 0 Å². The van der Waals surface area contributed by atoms with Gasteiger partial charge in [0.25, 0.3) is 0 Å². The van der Waals surface area contributed by atoms with Gasteiger partial charge in [-0.2, -0.15) is 0 Å². The van der Waals surface area contributed by atoms with Crippen molar-refractivity contribution in [3.8, 4) is 0 Å². The fourth-order valence-corrected chi connectivity index (χ4v) is 2.53. The van der Waals surface area contributed by atoms with Gasteiger partial charge >= 0.3 is 0 Å². The number of aromatic nitrogens is 3. The molecule has 1 aliphatic rings. The summed E-state index contributed by atoms with van der Waals surface area (Å²) in [4.78, 5) is 0. The van der Waals surface area contributed by atoms with Gasteiger partial charge in [-0.15, -0.1) is 10.2 Å². The summed E-state index contributed by atoms with van der Waals surface area (Å²) < 4.78 is 1.97. The fraction of sp³-hybridized carbons (Fsp3) is 0.833. The summed E-state index contributed by atoms with van der Waals surface area (Å²) in [6, 6.07) is 0. The second-order valence-corrected chi connectivity index (χ2v) is 5.01. The Labute approximate surface area is 97.5 Å². The topological polar surface area (TPSA) is 42.7 Å². The van der Waals surface area contributed by atoms with E-state index in [0.717, 1.165) is 30.7 Å². The van der Waals surface area contributed by atoms with Crippen LogP contribution in [0.15, 0.2) is 6.33 Å². The molecule has 0 aliphatic heterocycles. The first-order valence-electron chi connectivity index (χ1n) is 6.31. The first kappa shape index (κ1) is 11.6. The maximum absolute atomic E-state index is 4.07. The van der Waals surface area contributed by atoms with Gasteiger partial charge in [0.15, 0.2) is 0 Å². The molecule has 2 atom stereocenters. The van der Waals surface area contributed by atoms with E-state index in [0.29, 0.717) is 0 Å². The molecule has 1 aliphatic carbocycles. The van der Waals surface area contributed by atoms with Crippen LogP contribution in [0.1, 0.15) is 38.4 Å². The summed E-state index contributed by atoms with van der Waals surface area (Å²) in [5, 5.41) is 11.4. The summed E-state index contributed by atoms with van der Waals surface area (Å²) >= 11 is 0. The van der Waals surface area contributed by atoms with E-state index in [9.17, 15) is 0 Å². The highest BCUT2D eigenvalue weighted by atomic mass is 15.3. The van der Waals surface area contributed by atoms with Crippen LogP contribution in [0.2, 0.25) is 0 Å². The van der Waals surface area contributed by atoms with Gasteiger partial charge in [-0.05, 0) is 24.8 Å². The molecule has 2 unspecified atom stereocenters. The molecular formula is C12H22N4. The van der Waals surface area contributed by atoms with Gasteiger partial charge in [-0.1, -0.05) is 26.2 Å². The molecule has 1 fully saturated rings. The molecular weight excluding hydrogens is 200 g/mol. The number of rotatable bonds is 4. The zero-order chi connectivity index (χ0) is 11.4. The fourth-order valence-electron chi connectivity index (χ4n) is 2.53. The Bertz CT molecular complexity index is 321. The second-order valence-electron chi connectivity index (χ2n) is 5.01. The van der Waals surface area contributed by atoms with Crippen LogP contribution in [0.4, 0.5) is 0 Å². The van der Waals surface area contributed by atoms with Crippen molar-refractivity contribution in [2.45, 2.75) is 39.2 Å². The van der Waals surface area contributed by atoms with Crippen LogP contribution in [0.3, 0.4) is 0 Å². The van der Waals surface area contributed by atoms with Crippen molar-refractivity contribution in [1.82, 2.24) is 20.1 Å². The highest BCUT2D eigenvalue weighted by Crippen LogP contribution is 2.28. The normalized spacial score (nSPS) is 25.9. The molecule has 16 heavy (non-hydrogen) atoms. The van der Waals surface area contributed by atoms with Gasteiger partial charge in [0.1, 0.15) is 12.2 Å². The van der Waals surface area contributed by atoms with Gasteiger partial charge in [-0.3, -0.25) is 0 Å². The van der Waals surface area contributed by atoms with Crippen molar-refractivity contribution < 1.29 is 0 Å². The summed E-state index contributed by atoms with van der Waals surface area (Å²) in [6.07, 6.45) is 7.35. The Morgan fingerprint density at radius 2 is 2.25 bits per heavy atom. The molecule has 90 valence electrons. The lowest BCUT2D eigenvalue weighted by Gasteiger charge is -2.28. The molecule has 0 radical (unpaired) electrons. The van der Waals surface area contributed by atoms with Gasteiger partial charge in [0.2, 0.25) is 0 Å². The lowest BCUT2D eigenvalue weighted by atomic mass is 9.80. The van der Waals surface area contributed by atoms with Crippen molar-refractivity contribution >= 4 is 0 Å². The Morgan fingerprint density at radius 3 is 2.94 bits per heavy atom. The first-order chi connectivity index (χ1) is 7.77. The van der Waals surface area contributed by atoms with Crippen LogP contribution >= 0.6 is 0 Å². The molecule has 1 N–H and O–H groups in total. The largest absolute Gasteiger partial charge is 0.320 e. The Hall–Kier alpha value is -0.900. The molecule has 4 heteroatoms. The minimum absolute atomic E-state index is 0.833. The lowest BCUT2D eigenvalue weighted by Crippen LogP contribution is -2.29. The average Bonchev–Trinajstić information content (AvgIpc) is 2.67. The van der Waals surface area contributed by atoms with Crippen molar-refractivity contribution in [3.63, 3.8) is 0 Å². The number of aryl methyl sites for hydroxylation is 1. The average molecular weight is 222 g/mol. The first-order valence-corrected chi connectivity index (χ1v) is 6.31. The molecule has 0 amide bonds. The SMILES string of the molecule is CC1CCCCC1CNCc1nncn1C. The molecule has 2 rings (SSSR count). The number of hydrogen-bond donors (Lipinski definition) is 1. The molecule has 0 saturated heterocycles. The van der Waals surface area contributed by atoms with Gasteiger partial charge in [0, 0.05) is 7.05 Å². The Balaban J connectivity index is 1.73. The van der Waals surface area contributed by atoms with Gasteiger partial charge in [0.05, 0.1) is 6.54 Å². The summed E-state index contributed by atoms with van der Waals surface area (Å²) in [7, 11) is 1.99. The summed E-state index contributed by atoms with van der Waals surface area (Å²) in [5.74, 6) is 2.74. The van der Waals surface area contributed by atoms with Crippen LogP contribution in [0, 0.1) is 11.8 Å². The Morgan fingerprint density at radius 1 is 1.44 bits per heavy atom. The van der Waals surface area contributed by atoms with E-state index < -0.39 is 0 Å². The maximum Gasteiger partial charge on any atom is 0.146 e.